The van der Waals surface area contributed by atoms with Crippen LogP contribution in [0.5, 0.6) is 0 Å². The quantitative estimate of drug-likeness (QED) is 0.515. The predicted molar refractivity (Wildman–Crippen MR) is 61.2 cm³/mol. The number of hydrogen-bond acceptors (Lipinski definition) is 2. The molecule has 0 aliphatic heterocycles. The van der Waals surface area contributed by atoms with E-state index in [1.807, 2.05) is 26.3 Å². The molecule has 0 aliphatic rings. The zero-order valence-electron chi connectivity index (χ0n) is 11.3. The predicted octanol–water partition coefficient (Wildman–Crippen LogP) is -0.241. The minimum absolute atomic E-state index is 0.778. The standard InChI is InChI=1S/C5H14NO.C3H8O.C2H7N/c1-6(2,3)5-7-4;1-3-4-2;1-3-2/h5H2,1-4H3;3H2,1-2H3;3H,1-2H3/q+1;;/p+1. The zero-order valence-corrected chi connectivity index (χ0v) is 11.3. The van der Waals surface area contributed by atoms with E-state index in [1.165, 1.54) is 0 Å². The molecule has 4 heteroatoms. The molecular formula is C10H30N2O2+2. The Morgan fingerprint density at radius 1 is 1.00 bits per heavy atom. The van der Waals surface area contributed by atoms with Gasteiger partial charge in [-0.2, -0.15) is 0 Å². The van der Waals surface area contributed by atoms with Crippen molar-refractivity contribution in [1.29, 1.82) is 0 Å². The molecule has 0 amide bonds. The first-order chi connectivity index (χ1) is 6.39. The van der Waals surface area contributed by atoms with Gasteiger partial charge in [0.05, 0.1) is 35.2 Å². The lowest BCUT2D eigenvalue weighted by atomic mass is 10.7. The summed E-state index contributed by atoms with van der Waals surface area (Å²) >= 11 is 0. The first kappa shape index (κ1) is 19.4. The summed E-state index contributed by atoms with van der Waals surface area (Å²) in [7, 11) is 13.7. The maximum atomic E-state index is 4.88. The molecule has 90 valence electrons. The van der Waals surface area contributed by atoms with Gasteiger partial charge < -0.3 is 19.3 Å². The number of ether oxygens (including phenoxy) is 2. The third kappa shape index (κ3) is 59.4. The van der Waals surface area contributed by atoms with Crippen molar-refractivity contribution in [2.45, 2.75) is 6.92 Å². The molecule has 0 heterocycles. The average molecular weight is 210 g/mol. The van der Waals surface area contributed by atoms with Crippen molar-refractivity contribution in [3.05, 3.63) is 0 Å². The second-order valence-corrected chi connectivity index (χ2v) is 3.86. The number of nitrogens with two attached hydrogens (primary N) is 1. The molecule has 0 aromatic rings. The van der Waals surface area contributed by atoms with Crippen molar-refractivity contribution in [1.82, 2.24) is 0 Å². The summed E-state index contributed by atoms with van der Waals surface area (Å²) in [5.74, 6) is 0. The number of nitrogens with zero attached hydrogens (tertiary/aromatic N) is 1. The number of quaternary nitrogens is 2. The summed E-state index contributed by atoms with van der Waals surface area (Å²) in [6.07, 6.45) is 0. The smallest absolute Gasteiger partial charge is 0.182 e. The van der Waals surface area contributed by atoms with Gasteiger partial charge in [-0.15, -0.1) is 0 Å². The summed E-state index contributed by atoms with van der Waals surface area (Å²) in [5, 5.41) is 2.00. The fourth-order valence-electron chi connectivity index (χ4n) is 0.387. The maximum Gasteiger partial charge on any atom is 0.182 e. The molecule has 2 N–H and O–H groups in total. The Balaban J connectivity index is -0.000000147. The van der Waals surface area contributed by atoms with E-state index in [1.54, 1.807) is 14.2 Å². The van der Waals surface area contributed by atoms with Crippen LogP contribution in [0.2, 0.25) is 0 Å². The van der Waals surface area contributed by atoms with Crippen LogP contribution < -0.4 is 5.32 Å². The van der Waals surface area contributed by atoms with Crippen molar-refractivity contribution in [2.24, 2.45) is 0 Å². The van der Waals surface area contributed by atoms with E-state index in [0.29, 0.717) is 0 Å². The van der Waals surface area contributed by atoms with Gasteiger partial charge in [-0.05, 0) is 6.92 Å². The lowest BCUT2D eigenvalue weighted by Gasteiger charge is -2.21. The average Bonchev–Trinajstić information content (AvgIpc) is 2.04. The first-order valence-electron chi connectivity index (χ1n) is 4.91. The van der Waals surface area contributed by atoms with E-state index < -0.39 is 0 Å². The van der Waals surface area contributed by atoms with Crippen molar-refractivity contribution in [3.8, 4) is 0 Å². The van der Waals surface area contributed by atoms with Gasteiger partial charge in [-0.3, -0.25) is 0 Å². The number of methoxy groups -OCH3 is 2. The molecule has 0 bridgehead atoms. The molecule has 0 saturated carbocycles. The Morgan fingerprint density at radius 2 is 1.29 bits per heavy atom. The molecule has 0 aromatic heterocycles. The van der Waals surface area contributed by atoms with Gasteiger partial charge in [0.15, 0.2) is 6.73 Å². The van der Waals surface area contributed by atoms with Gasteiger partial charge in [0.25, 0.3) is 0 Å². The molecule has 0 saturated heterocycles. The summed E-state index contributed by atoms with van der Waals surface area (Å²) in [4.78, 5) is 0. The van der Waals surface area contributed by atoms with Gasteiger partial charge in [0, 0.05) is 20.8 Å². The fourth-order valence-corrected chi connectivity index (χ4v) is 0.387. The molecule has 0 unspecified atom stereocenters. The van der Waals surface area contributed by atoms with E-state index in [0.717, 1.165) is 17.8 Å². The van der Waals surface area contributed by atoms with Crippen molar-refractivity contribution in [2.75, 3.05) is 62.8 Å². The Bertz CT molecular complexity index is 80.7. The van der Waals surface area contributed by atoms with Crippen LogP contribution in [0.3, 0.4) is 0 Å². The zero-order chi connectivity index (χ0) is 12.0. The molecule has 14 heavy (non-hydrogen) atoms. The SMILES string of the molecule is CCOC.COC[N+](C)(C)C.C[NH2+]C. The van der Waals surface area contributed by atoms with E-state index in [-0.39, 0.29) is 0 Å². The molecule has 0 spiro atoms. The normalized spacial score (nSPS) is 9.43. The van der Waals surface area contributed by atoms with Gasteiger partial charge in [-0.1, -0.05) is 0 Å². The van der Waals surface area contributed by atoms with E-state index in [2.05, 4.69) is 25.9 Å². The highest BCUT2D eigenvalue weighted by atomic mass is 16.5. The van der Waals surface area contributed by atoms with Crippen LogP contribution in [0.4, 0.5) is 0 Å². The molecule has 0 aromatic carbocycles. The monoisotopic (exact) mass is 210 g/mol. The third-order valence-electron chi connectivity index (χ3n) is 0.805. The Morgan fingerprint density at radius 3 is 1.29 bits per heavy atom. The van der Waals surface area contributed by atoms with Gasteiger partial charge in [0.2, 0.25) is 0 Å². The molecule has 0 fully saturated rings. The molecular weight excluding hydrogens is 180 g/mol. The molecule has 0 atom stereocenters. The minimum Gasteiger partial charge on any atom is -0.385 e. The highest BCUT2D eigenvalue weighted by molar-refractivity contribution is 4.00. The molecule has 0 aliphatic carbocycles. The van der Waals surface area contributed by atoms with Crippen LogP contribution in [0.25, 0.3) is 0 Å². The number of rotatable bonds is 3. The second kappa shape index (κ2) is 15.3. The first-order valence-corrected chi connectivity index (χ1v) is 4.91. The molecule has 4 nitrogen and oxygen atoms in total. The molecule has 0 rings (SSSR count). The Labute approximate surface area is 89.8 Å². The summed E-state index contributed by atoms with van der Waals surface area (Å²) in [5.41, 5.74) is 0. The summed E-state index contributed by atoms with van der Waals surface area (Å²) < 4.78 is 10.3. The van der Waals surface area contributed by atoms with Gasteiger partial charge >= 0.3 is 0 Å². The summed E-state index contributed by atoms with van der Waals surface area (Å²) in [6.45, 7) is 3.56. The van der Waals surface area contributed by atoms with Crippen LogP contribution in [-0.2, 0) is 9.47 Å². The highest BCUT2D eigenvalue weighted by Gasteiger charge is 2.02. The van der Waals surface area contributed by atoms with E-state index in [9.17, 15) is 0 Å². The topological polar surface area (TPSA) is 35.1 Å². The van der Waals surface area contributed by atoms with Crippen LogP contribution >= 0.6 is 0 Å². The maximum absolute atomic E-state index is 4.88. The second-order valence-electron chi connectivity index (χ2n) is 3.86. The van der Waals surface area contributed by atoms with Crippen LogP contribution in [0, 0.1) is 0 Å². The Kier molecular flexibility index (Phi) is 21.2. The fraction of sp³-hybridized carbons (Fsp3) is 1.00. The highest BCUT2D eigenvalue weighted by Crippen LogP contribution is 1.86. The van der Waals surface area contributed by atoms with Crippen molar-refractivity contribution in [3.63, 3.8) is 0 Å². The van der Waals surface area contributed by atoms with Crippen molar-refractivity contribution >= 4 is 0 Å². The van der Waals surface area contributed by atoms with Crippen LogP contribution in [0.15, 0.2) is 0 Å². The largest absolute Gasteiger partial charge is 0.385 e. The van der Waals surface area contributed by atoms with E-state index in [4.69, 9.17) is 4.74 Å². The third-order valence-corrected chi connectivity index (χ3v) is 0.805. The van der Waals surface area contributed by atoms with Gasteiger partial charge in [-0.25, -0.2) is 0 Å². The number of hydrogen-bond donors (Lipinski definition) is 1. The lowest BCUT2D eigenvalue weighted by molar-refractivity contribution is -0.890. The van der Waals surface area contributed by atoms with Gasteiger partial charge in [0.1, 0.15) is 0 Å². The Hall–Kier alpha value is -0.160. The van der Waals surface area contributed by atoms with Crippen LogP contribution in [0.1, 0.15) is 6.92 Å². The van der Waals surface area contributed by atoms with Crippen molar-refractivity contribution < 1.29 is 19.3 Å². The summed E-state index contributed by atoms with van der Waals surface area (Å²) in [6, 6.07) is 0. The minimum atomic E-state index is 0.778. The van der Waals surface area contributed by atoms with Crippen LogP contribution in [-0.4, -0.2) is 67.3 Å². The van der Waals surface area contributed by atoms with E-state index >= 15 is 0 Å². The lowest BCUT2D eigenvalue weighted by Crippen LogP contribution is -2.74. The molecule has 0 radical (unpaired) electrons.